The molecule has 0 saturated carbocycles. The predicted molar refractivity (Wildman–Crippen MR) is 96.9 cm³/mol. The predicted octanol–water partition coefficient (Wildman–Crippen LogP) is 2.41. The molecule has 6 nitrogen and oxygen atoms in total. The summed E-state index contributed by atoms with van der Waals surface area (Å²) in [5, 5.41) is 13.8. The van der Waals surface area contributed by atoms with Gasteiger partial charge in [0.05, 0.1) is 6.54 Å². The van der Waals surface area contributed by atoms with E-state index in [2.05, 4.69) is 10.3 Å². The average molecular weight is 369 g/mol. The molecule has 3 heterocycles. The standard InChI is InChI=1S/C19H19N3O3S/c23-17(22(25)12-13-4-8-20-9-5-13)15-1-2-16-14(11-15)3-6-19(26-16)7-10-21-18(19)24/h1-2,4-5,8-9,11,25H,3,6-7,10,12H2,(H,21,24). The summed E-state index contributed by atoms with van der Waals surface area (Å²) in [6.07, 6.45) is 5.62. The first-order chi connectivity index (χ1) is 12.6. The molecule has 4 rings (SSSR count). The number of nitrogens with zero attached hydrogens (tertiary/aromatic N) is 2. The van der Waals surface area contributed by atoms with Crippen molar-refractivity contribution in [3.05, 3.63) is 59.4 Å². The van der Waals surface area contributed by atoms with Crippen LogP contribution in [0.15, 0.2) is 47.6 Å². The number of nitrogens with one attached hydrogen (secondary N) is 1. The molecule has 1 aromatic carbocycles. The molecule has 0 bridgehead atoms. The molecule has 2 aliphatic rings. The van der Waals surface area contributed by atoms with Crippen LogP contribution in [0.4, 0.5) is 0 Å². The number of carbonyl (C=O) groups excluding carboxylic acids is 2. The third-order valence-electron chi connectivity index (χ3n) is 4.96. The Hall–Kier alpha value is -2.38. The van der Waals surface area contributed by atoms with Crippen molar-refractivity contribution >= 4 is 23.6 Å². The zero-order chi connectivity index (χ0) is 18.1. The van der Waals surface area contributed by atoms with Crippen molar-refractivity contribution < 1.29 is 14.8 Å². The Morgan fingerprint density at radius 1 is 1.27 bits per heavy atom. The first kappa shape index (κ1) is 17.1. The van der Waals surface area contributed by atoms with Gasteiger partial charge in [-0.15, -0.1) is 11.8 Å². The molecule has 2 amide bonds. The smallest absolute Gasteiger partial charge is 0.277 e. The van der Waals surface area contributed by atoms with Gasteiger partial charge < -0.3 is 5.32 Å². The van der Waals surface area contributed by atoms with Crippen LogP contribution in [0.5, 0.6) is 0 Å². The third kappa shape index (κ3) is 3.08. The van der Waals surface area contributed by atoms with Gasteiger partial charge in [0.25, 0.3) is 5.91 Å². The van der Waals surface area contributed by atoms with Gasteiger partial charge in [-0.3, -0.25) is 19.8 Å². The number of fused-ring (bicyclic) bond motifs is 1. The summed E-state index contributed by atoms with van der Waals surface area (Å²) in [4.78, 5) is 29.7. The highest BCUT2D eigenvalue weighted by atomic mass is 32.2. The van der Waals surface area contributed by atoms with Crippen molar-refractivity contribution in [3.63, 3.8) is 0 Å². The molecule has 1 saturated heterocycles. The fourth-order valence-electron chi connectivity index (χ4n) is 3.48. The first-order valence-corrected chi connectivity index (χ1v) is 9.39. The Morgan fingerprint density at radius 3 is 2.81 bits per heavy atom. The molecule has 134 valence electrons. The fourth-order valence-corrected chi connectivity index (χ4v) is 4.90. The molecule has 7 heteroatoms. The van der Waals surface area contributed by atoms with Gasteiger partial charge in [-0.05, 0) is 60.7 Å². The van der Waals surface area contributed by atoms with E-state index in [-0.39, 0.29) is 17.2 Å². The van der Waals surface area contributed by atoms with Gasteiger partial charge in [0.15, 0.2) is 0 Å². The SMILES string of the molecule is O=C(c1ccc2c(c1)CCC1(CCNC1=O)S2)N(O)Cc1ccncc1. The number of aryl methyl sites for hydroxylation is 1. The van der Waals surface area contributed by atoms with E-state index in [1.807, 2.05) is 12.1 Å². The highest BCUT2D eigenvalue weighted by Gasteiger charge is 2.45. The van der Waals surface area contributed by atoms with E-state index in [1.165, 1.54) is 0 Å². The molecule has 26 heavy (non-hydrogen) atoms. The van der Waals surface area contributed by atoms with Crippen molar-refractivity contribution in [1.29, 1.82) is 0 Å². The average Bonchev–Trinajstić information content (AvgIpc) is 3.01. The van der Waals surface area contributed by atoms with Crippen molar-refractivity contribution in [2.75, 3.05) is 6.54 Å². The molecule has 1 spiro atoms. The molecule has 1 aromatic heterocycles. The number of hydrogen-bond donors (Lipinski definition) is 2. The van der Waals surface area contributed by atoms with Gasteiger partial charge in [0.2, 0.25) is 5.91 Å². The number of pyridine rings is 1. The topological polar surface area (TPSA) is 82.5 Å². The monoisotopic (exact) mass is 369 g/mol. The maximum atomic E-state index is 12.5. The minimum absolute atomic E-state index is 0.108. The summed E-state index contributed by atoms with van der Waals surface area (Å²) < 4.78 is -0.358. The quantitative estimate of drug-likeness (QED) is 0.641. The Kier molecular flexibility index (Phi) is 4.42. The van der Waals surface area contributed by atoms with E-state index >= 15 is 0 Å². The first-order valence-electron chi connectivity index (χ1n) is 8.57. The Balaban J connectivity index is 1.51. The van der Waals surface area contributed by atoms with E-state index in [4.69, 9.17) is 0 Å². The van der Waals surface area contributed by atoms with E-state index in [0.717, 1.165) is 46.9 Å². The lowest BCUT2D eigenvalue weighted by Gasteiger charge is -2.31. The zero-order valence-corrected chi connectivity index (χ0v) is 15.0. The summed E-state index contributed by atoms with van der Waals surface area (Å²) in [6.45, 7) is 0.836. The summed E-state index contributed by atoms with van der Waals surface area (Å²) in [6, 6.07) is 8.95. The molecule has 2 N–H and O–H groups in total. The van der Waals surface area contributed by atoms with Gasteiger partial charge in [-0.2, -0.15) is 0 Å². The van der Waals surface area contributed by atoms with E-state index in [1.54, 1.807) is 42.4 Å². The van der Waals surface area contributed by atoms with Crippen LogP contribution in [0.1, 0.15) is 34.3 Å². The number of rotatable bonds is 3. The second-order valence-electron chi connectivity index (χ2n) is 6.64. The minimum Gasteiger partial charge on any atom is -0.355 e. The highest BCUT2D eigenvalue weighted by molar-refractivity contribution is 8.01. The molecule has 0 radical (unpaired) electrons. The molecule has 1 unspecified atom stereocenters. The molecule has 0 aliphatic carbocycles. The number of aromatic nitrogens is 1. The van der Waals surface area contributed by atoms with Crippen molar-refractivity contribution in [1.82, 2.24) is 15.4 Å². The van der Waals surface area contributed by atoms with Crippen molar-refractivity contribution in [2.45, 2.75) is 35.4 Å². The molecule has 1 atom stereocenters. The van der Waals surface area contributed by atoms with Gasteiger partial charge in [0, 0.05) is 29.4 Å². The highest BCUT2D eigenvalue weighted by Crippen LogP contribution is 2.47. The van der Waals surface area contributed by atoms with Crippen LogP contribution in [-0.2, 0) is 17.8 Å². The lowest BCUT2D eigenvalue weighted by atomic mass is 9.95. The van der Waals surface area contributed by atoms with Crippen LogP contribution >= 0.6 is 11.8 Å². The molecular formula is C19H19N3O3S. The van der Waals surface area contributed by atoms with E-state index < -0.39 is 5.91 Å². The lowest BCUT2D eigenvalue weighted by molar-refractivity contribution is -0.121. The third-order valence-corrected chi connectivity index (χ3v) is 6.56. The fraction of sp³-hybridized carbons (Fsp3) is 0.316. The van der Waals surface area contributed by atoms with Gasteiger partial charge >= 0.3 is 0 Å². The molecule has 1 fully saturated rings. The Labute approximate surface area is 155 Å². The molecule has 2 aliphatic heterocycles. The van der Waals surface area contributed by atoms with Crippen LogP contribution in [-0.4, -0.2) is 38.4 Å². The minimum atomic E-state index is -0.437. The second kappa shape index (κ2) is 6.74. The number of carbonyl (C=O) groups is 2. The van der Waals surface area contributed by atoms with Crippen LogP contribution in [0, 0.1) is 0 Å². The summed E-state index contributed by atoms with van der Waals surface area (Å²) in [5.74, 6) is -0.319. The van der Waals surface area contributed by atoms with Crippen LogP contribution in [0.3, 0.4) is 0 Å². The Bertz CT molecular complexity index is 858. The lowest BCUT2D eigenvalue weighted by Crippen LogP contribution is -2.37. The summed E-state index contributed by atoms with van der Waals surface area (Å²) in [7, 11) is 0. The largest absolute Gasteiger partial charge is 0.355 e. The van der Waals surface area contributed by atoms with Crippen molar-refractivity contribution in [3.8, 4) is 0 Å². The molecular weight excluding hydrogens is 350 g/mol. The normalized spacial score (nSPS) is 21.3. The second-order valence-corrected chi connectivity index (χ2v) is 8.07. The van der Waals surface area contributed by atoms with Gasteiger partial charge in [0.1, 0.15) is 4.75 Å². The van der Waals surface area contributed by atoms with E-state index in [9.17, 15) is 14.8 Å². The maximum Gasteiger partial charge on any atom is 0.277 e. The zero-order valence-electron chi connectivity index (χ0n) is 14.1. The van der Waals surface area contributed by atoms with Gasteiger partial charge in [-0.1, -0.05) is 0 Å². The van der Waals surface area contributed by atoms with Crippen LogP contribution < -0.4 is 5.32 Å². The van der Waals surface area contributed by atoms with Crippen LogP contribution in [0.2, 0.25) is 0 Å². The Morgan fingerprint density at radius 2 is 2.08 bits per heavy atom. The van der Waals surface area contributed by atoms with Gasteiger partial charge in [-0.25, -0.2) is 5.06 Å². The van der Waals surface area contributed by atoms with E-state index in [0.29, 0.717) is 5.56 Å². The van der Waals surface area contributed by atoms with Crippen LogP contribution in [0.25, 0.3) is 0 Å². The van der Waals surface area contributed by atoms with Crippen molar-refractivity contribution in [2.24, 2.45) is 0 Å². The molecule has 2 aromatic rings. The number of hydrogen-bond acceptors (Lipinski definition) is 5. The number of amides is 2. The number of thioether (sulfide) groups is 1. The summed E-state index contributed by atoms with van der Waals surface area (Å²) in [5.41, 5.74) is 2.31. The summed E-state index contributed by atoms with van der Waals surface area (Å²) >= 11 is 1.60. The maximum absolute atomic E-state index is 12.5. The number of benzene rings is 1. The number of hydroxylamine groups is 2.